The molecule has 0 unspecified atom stereocenters. The molecule has 0 fully saturated rings. The van der Waals surface area contributed by atoms with Gasteiger partial charge in [-0.05, 0) is 17.7 Å². The molecule has 0 spiro atoms. The number of thiazole rings is 1. The number of anilines is 1. The predicted octanol–water partition coefficient (Wildman–Crippen LogP) is 3.89. The van der Waals surface area contributed by atoms with Gasteiger partial charge in [-0.15, -0.1) is 0 Å². The van der Waals surface area contributed by atoms with Gasteiger partial charge in [-0.25, -0.2) is 9.97 Å². The van der Waals surface area contributed by atoms with E-state index in [0.717, 1.165) is 21.5 Å². The van der Waals surface area contributed by atoms with Crippen LogP contribution >= 0.6 is 11.3 Å². The molecule has 4 aromatic rings. The number of amides is 1. The molecule has 0 N–H and O–H groups in total. The second kappa shape index (κ2) is 7.20. The Labute approximate surface area is 160 Å². The van der Waals surface area contributed by atoms with E-state index >= 15 is 0 Å². The highest BCUT2D eigenvalue weighted by Gasteiger charge is 2.24. The quantitative estimate of drug-likeness (QED) is 0.529. The van der Waals surface area contributed by atoms with Crippen molar-refractivity contribution in [1.29, 1.82) is 0 Å². The van der Waals surface area contributed by atoms with Gasteiger partial charge in [0.1, 0.15) is 5.75 Å². The second-order valence-electron chi connectivity index (χ2n) is 6.07. The Kier molecular flexibility index (Phi) is 4.60. The van der Waals surface area contributed by atoms with Crippen molar-refractivity contribution < 1.29 is 9.53 Å². The lowest BCUT2D eigenvalue weighted by atomic mass is 10.2. The zero-order chi connectivity index (χ0) is 18.8. The number of carbonyl (C=O) groups excluding carboxylic acids is 1. The zero-order valence-corrected chi connectivity index (χ0v) is 15.8. The summed E-state index contributed by atoms with van der Waals surface area (Å²) in [7, 11) is 3.44. The van der Waals surface area contributed by atoms with Crippen molar-refractivity contribution in [2.24, 2.45) is 7.05 Å². The molecule has 2 heterocycles. The second-order valence-corrected chi connectivity index (χ2v) is 7.08. The molecule has 6 nitrogen and oxygen atoms in total. The van der Waals surface area contributed by atoms with E-state index in [0.29, 0.717) is 17.5 Å². The molecule has 136 valence electrons. The van der Waals surface area contributed by atoms with Crippen LogP contribution in [0.5, 0.6) is 5.75 Å². The Hall–Kier alpha value is -3.19. The Morgan fingerprint density at radius 1 is 1.22 bits per heavy atom. The number of nitrogens with zero attached hydrogens (tertiary/aromatic N) is 4. The van der Waals surface area contributed by atoms with E-state index in [-0.39, 0.29) is 5.91 Å². The fourth-order valence-corrected chi connectivity index (χ4v) is 3.77. The SMILES string of the molecule is COc1ccc2sc(N(Cc3ccccc3)C(=O)c3nccn3C)nc2c1. The number of hydrogen-bond donors (Lipinski definition) is 0. The van der Waals surface area contributed by atoms with Crippen molar-refractivity contribution >= 4 is 32.6 Å². The van der Waals surface area contributed by atoms with Gasteiger partial charge in [0.05, 0.1) is 23.9 Å². The molecule has 4 rings (SSSR count). The third-order valence-corrected chi connectivity index (χ3v) is 5.31. The minimum absolute atomic E-state index is 0.183. The molecule has 0 radical (unpaired) electrons. The van der Waals surface area contributed by atoms with E-state index in [1.807, 2.05) is 55.6 Å². The molecule has 0 aliphatic heterocycles. The van der Waals surface area contributed by atoms with Crippen molar-refractivity contribution in [2.75, 3.05) is 12.0 Å². The first-order valence-electron chi connectivity index (χ1n) is 8.43. The molecule has 0 saturated heterocycles. The van der Waals surface area contributed by atoms with Crippen LogP contribution in [0, 0.1) is 0 Å². The zero-order valence-electron chi connectivity index (χ0n) is 15.0. The number of methoxy groups -OCH3 is 1. The lowest BCUT2D eigenvalue weighted by Crippen LogP contribution is -2.32. The van der Waals surface area contributed by atoms with Gasteiger partial charge in [-0.3, -0.25) is 9.69 Å². The molecule has 0 saturated carbocycles. The van der Waals surface area contributed by atoms with E-state index in [4.69, 9.17) is 4.74 Å². The molecule has 7 heteroatoms. The summed E-state index contributed by atoms with van der Waals surface area (Å²) in [6, 6.07) is 15.6. The molecule has 27 heavy (non-hydrogen) atoms. The average Bonchev–Trinajstić information content (AvgIpc) is 3.31. The molecule has 0 atom stereocenters. The number of imidazole rings is 1. The van der Waals surface area contributed by atoms with Crippen LogP contribution in [0.25, 0.3) is 10.2 Å². The molecule has 2 aromatic heterocycles. The van der Waals surface area contributed by atoms with Crippen molar-refractivity contribution in [3.8, 4) is 5.75 Å². The van der Waals surface area contributed by atoms with E-state index in [1.54, 1.807) is 29.0 Å². The lowest BCUT2D eigenvalue weighted by molar-refractivity contribution is 0.0972. The van der Waals surface area contributed by atoms with E-state index in [9.17, 15) is 4.79 Å². The topological polar surface area (TPSA) is 60.2 Å². The van der Waals surface area contributed by atoms with Crippen LogP contribution in [0.1, 0.15) is 16.2 Å². The highest BCUT2D eigenvalue weighted by Crippen LogP contribution is 2.32. The maximum absolute atomic E-state index is 13.2. The summed E-state index contributed by atoms with van der Waals surface area (Å²) in [4.78, 5) is 23.8. The Morgan fingerprint density at radius 2 is 2.04 bits per heavy atom. The van der Waals surface area contributed by atoms with Crippen molar-refractivity contribution in [2.45, 2.75) is 6.54 Å². The van der Waals surface area contributed by atoms with Crippen molar-refractivity contribution in [3.63, 3.8) is 0 Å². The summed E-state index contributed by atoms with van der Waals surface area (Å²) in [5.41, 5.74) is 1.83. The number of rotatable bonds is 5. The fraction of sp³-hybridized carbons (Fsp3) is 0.150. The van der Waals surface area contributed by atoms with Gasteiger partial charge >= 0.3 is 0 Å². The molecule has 1 amide bonds. The number of aromatic nitrogens is 3. The van der Waals surface area contributed by atoms with Crippen LogP contribution < -0.4 is 9.64 Å². The maximum Gasteiger partial charge on any atom is 0.296 e. The number of aryl methyl sites for hydroxylation is 1. The van der Waals surface area contributed by atoms with Crippen LogP contribution in [0.2, 0.25) is 0 Å². The molecule has 2 aromatic carbocycles. The van der Waals surface area contributed by atoms with Gasteiger partial charge in [-0.1, -0.05) is 41.7 Å². The summed E-state index contributed by atoms with van der Waals surface area (Å²) >= 11 is 1.48. The number of benzene rings is 2. The number of fused-ring (bicyclic) bond motifs is 1. The van der Waals surface area contributed by atoms with Crippen LogP contribution in [-0.2, 0) is 13.6 Å². The molecule has 0 aliphatic carbocycles. The predicted molar refractivity (Wildman–Crippen MR) is 106 cm³/mol. The highest BCUT2D eigenvalue weighted by atomic mass is 32.1. The summed E-state index contributed by atoms with van der Waals surface area (Å²) in [5.74, 6) is 0.935. The lowest BCUT2D eigenvalue weighted by Gasteiger charge is -2.19. The molecule has 0 aliphatic rings. The monoisotopic (exact) mass is 378 g/mol. The minimum Gasteiger partial charge on any atom is -0.497 e. The normalized spacial score (nSPS) is 10.9. The van der Waals surface area contributed by atoms with Gasteiger partial charge in [0.15, 0.2) is 11.0 Å². The van der Waals surface area contributed by atoms with E-state index in [1.165, 1.54) is 11.3 Å². The van der Waals surface area contributed by atoms with Crippen molar-refractivity contribution in [3.05, 3.63) is 72.3 Å². The molecule has 0 bridgehead atoms. The van der Waals surface area contributed by atoms with Crippen LogP contribution in [0.3, 0.4) is 0 Å². The number of carbonyl (C=O) groups is 1. The first-order valence-corrected chi connectivity index (χ1v) is 9.25. The summed E-state index contributed by atoms with van der Waals surface area (Å²) in [6.07, 6.45) is 3.38. The maximum atomic E-state index is 13.2. The summed E-state index contributed by atoms with van der Waals surface area (Å²) < 4.78 is 8.00. The summed E-state index contributed by atoms with van der Waals surface area (Å²) in [5, 5.41) is 0.634. The van der Waals surface area contributed by atoms with Crippen molar-refractivity contribution in [1.82, 2.24) is 14.5 Å². The number of ether oxygens (including phenoxy) is 1. The van der Waals surface area contributed by atoms with Crippen LogP contribution in [0.15, 0.2) is 60.9 Å². The first kappa shape index (κ1) is 17.2. The third kappa shape index (κ3) is 3.41. The van der Waals surface area contributed by atoms with E-state index in [2.05, 4.69) is 9.97 Å². The van der Waals surface area contributed by atoms with E-state index < -0.39 is 0 Å². The van der Waals surface area contributed by atoms with Gasteiger partial charge in [0, 0.05) is 25.5 Å². The Balaban J connectivity index is 1.77. The third-order valence-electron chi connectivity index (χ3n) is 4.26. The molecular formula is C20H18N4O2S. The highest BCUT2D eigenvalue weighted by molar-refractivity contribution is 7.22. The Morgan fingerprint density at radius 3 is 2.74 bits per heavy atom. The first-order chi connectivity index (χ1) is 13.2. The van der Waals surface area contributed by atoms with Gasteiger partial charge in [-0.2, -0.15) is 0 Å². The largest absolute Gasteiger partial charge is 0.497 e. The van der Waals surface area contributed by atoms with Gasteiger partial charge < -0.3 is 9.30 Å². The molecular weight excluding hydrogens is 360 g/mol. The number of hydrogen-bond acceptors (Lipinski definition) is 5. The summed E-state index contributed by atoms with van der Waals surface area (Å²) in [6.45, 7) is 0.420. The van der Waals surface area contributed by atoms with Gasteiger partial charge in [0.25, 0.3) is 5.91 Å². The smallest absolute Gasteiger partial charge is 0.296 e. The fourth-order valence-electron chi connectivity index (χ4n) is 2.82. The van der Waals surface area contributed by atoms with Gasteiger partial charge in [0.2, 0.25) is 0 Å². The van der Waals surface area contributed by atoms with Crippen LogP contribution in [0.4, 0.5) is 5.13 Å². The minimum atomic E-state index is -0.183. The Bertz CT molecular complexity index is 1090. The van der Waals surface area contributed by atoms with Crippen LogP contribution in [-0.4, -0.2) is 27.6 Å². The average molecular weight is 378 g/mol. The standard InChI is InChI=1S/C20H18N4O2S/c1-23-11-10-21-18(23)19(25)24(13-14-6-4-3-5-7-14)20-22-16-12-15(26-2)8-9-17(16)27-20/h3-12H,13H2,1-2H3.